The van der Waals surface area contributed by atoms with Gasteiger partial charge in [0.15, 0.2) is 0 Å². The highest BCUT2D eigenvalue weighted by Crippen LogP contribution is 2.07. The van der Waals surface area contributed by atoms with E-state index in [-0.39, 0.29) is 10.9 Å². The van der Waals surface area contributed by atoms with Crippen LogP contribution in [0.5, 0.6) is 0 Å². The number of sulfonamides is 1. The quantitative estimate of drug-likeness (QED) is 0.785. The van der Waals surface area contributed by atoms with E-state index >= 15 is 0 Å². The van der Waals surface area contributed by atoms with Crippen LogP contribution in [-0.4, -0.2) is 30.1 Å². The Labute approximate surface area is 94.5 Å². The van der Waals surface area contributed by atoms with Crippen molar-refractivity contribution < 1.29 is 8.42 Å². The van der Waals surface area contributed by atoms with E-state index in [0.717, 1.165) is 0 Å². The zero-order valence-electron chi connectivity index (χ0n) is 8.64. The van der Waals surface area contributed by atoms with Crippen molar-refractivity contribution in [2.75, 3.05) is 5.88 Å². The number of aromatic nitrogens is 2. The van der Waals surface area contributed by atoms with Crippen molar-refractivity contribution in [1.29, 1.82) is 0 Å². The molecule has 0 saturated carbocycles. The SMILES string of the molecule is CC(CCCl)NS(=O)(=O)c1cnn(C)c1. The van der Waals surface area contributed by atoms with Crippen LogP contribution >= 0.6 is 11.6 Å². The van der Waals surface area contributed by atoms with Crippen LogP contribution in [0.1, 0.15) is 13.3 Å². The Hall–Kier alpha value is -0.590. The molecule has 0 aliphatic heterocycles. The predicted molar refractivity (Wildman–Crippen MR) is 58.3 cm³/mol. The predicted octanol–water partition coefficient (Wildman–Crippen LogP) is 0.716. The molecule has 1 atom stereocenters. The van der Waals surface area contributed by atoms with Crippen LogP contribution in [0, 0.1) is 0 Å². The van der Waals surface area contributed by atoms with Crippen molar-refractivity contribution in [3.05, 3.63) is 12.4 Å². The summed E-state index contributed by atoms with van der Waals surface area (Å²) in [4.78, 5) is 0.173. The number of halogens is 1. The summed E-state index contributed by atoms with van der Waals surface area (Å²) in [5.74, 6) is 0.427. The first kappa shape index (κ1) is 12.5. The first-order valence-electron chi connectivity index (χ1n) is 4.52. The Morgan fingerprint density at radius 2 is 2.33 bits per heavy atom. The lowest BCUT2D eigenvalue weighted by atomic mass is 10.3. The summed E-state index contributed by atoms with van der Waals surface area (Å²) in [5, 5.41) is 3.81. The minimum atomic E-state index is -3.45. The molecular formula is C8H14ClN3O2S. The highest BCUT2D eigenvalue weighted by atomic mass is 35.5. The van der Waals surface area contributed by atoms with Crippen molar-refractivity contribution in [2.24, 2.45) is 7.05 Å². The Balaban J connectivity index is 2.76. The van der Waals surface area contributed by atoms with Gasteiger partial charge in [0.05, 0.1) is 6.20 Å². The molecule has 0 amide bonds. The number of alkyl halides is 1. The first-order chi connectivity index (χ1) is 6.95. The van der Waals surface area contributed by atoms with Crippen molar-refractivity contribution in [3.8, 4) is 0 Å². The van der Waals surface area contributed by atoms with Crippen LogP contribution in [-0.2, 0) is 17.1 Å². The maximum atomic E-state index is 11.7. The van der Waals surface area contributed by atoms with E-state index in [1.165, 1.54) is 17.1 Å². The second-order valence-corrected chi connectivity index (χ2v) is 5.44. The molecule has 0 aromatic carbocycles. The Morgan fingerprint density at radius 1 is 1.67 bits per heavy atom. The van der Waals surface area contributed by atoms with E-state index in [9.17, 15) is 8.42 Å². The summed E-state index contributed by atoms with van der Waals surface area (Å²) in [7, 11) is -1.78. The van der Waals surface area contributed by atoms with Gasteiger partial charge in [0.25, 0.3) is 0 Å². The van der Waals surface area contributed by atoms with Crippen molar-refractivity contribution >= 4 is 21.6 Å². The van der Waals surface area contributed by atoms with Gasteiger partial charge in [-0.15, -0.1) is 11.6 Å². The second-order valence-electron chi connectivity index (χ2n) is 3.35. The average molecular weight is 252 g/mol. The molecule has 1 N–H and O–H groups in total. The molecule has 1 heterocycles. The molecule has 15 heavy (non-hydrogen) atoms. The standard InChI is InChI=1S/C8H14ClN3O2S/c1-7(3-4-9)11-15(13,14)8-5-10-12(2)6-8/h5-7,11H,3-4H2,1-2H3. The molecule has 0 aliphatic carbocycles. The van der Waals surface area contributed by atoms with E-state index in [2.05, 4.69) is 9.82 Å². The average Bonchev–Trinajstić information content (AvgIpc) is 2.51. The molecule has 1 unspecified atom stereocenters. The monoisotopic (exact) mass is 251 g/mol. The lowest BCUT2D eigenvalue weighted by Gasteiger charge is -2.11. The van der Waals surface area contributed by atoms with Gasteiger partial charge >= 0.3 is 0 Å². The molecule has 0 fully saturated rings. The summed E-state index contributed by atoms with van der Waals surface area (Å²) < 4.78 is 27.4. The minimum Gasteiger partial charge on any atom is -0.274 e. The summed E-state index contributed by atoms with van der Waals surface area (Å²) in [5.41, 5.74) is 0. The summed E-state index contributed by atoms with van der Waals surface area (Å²) in [6.07, 6.45) is 3.37. The summed E-state index contributed by atoms with van der Waals surface area (Å²) >= 11 is 5.52. The van der Waals surface area contributed by atoms with Gasteiger partial charge in [0.1, 0.15) is 4.90 Å². The minimum absolute atomic E-state index is 0.173. The molecule has 0 spiro atoms. The van der Waals surface area contributed by atoms with Gasteiger partial charge in [-0.3, -0.25) is 4.68 Å². The highest BCUT2D eigenvalue weighted by Gasteiger charge is 2.18. The number of nitrogens with zero attached hydrogens (tertiary/aromatic N) is 2. The van der Waals surface area contributed by atoms with Crippen molar-refractivity contribution in [3.63, 3.8) is 0 Å². The molecule has 7 heteroatoms. The molecule has 0 saturated heterocycles. The largest absolute Gasteiger partial charge is 0.274 e. The zero-order chi connectivity index (χ0) is 11.5. The molecule has 1 aromatic heterocycles. The molecule has 0 bridgehead atoms. The fraction of sp³-hybridized carbons (Fsp3) is 0.625. The van der Waals surface area contributed by atoms with Crippen LogP contribution in [0.15, 0.2) is 17.3 Å². The Bertz CT molecular complexity index is 415. The molecule has 1 aromatic rings. The number of hydrogen-bond donors (Lipinski definition) is 1. The summed E-state index contributed by atoms with van der Waals surface area (Å²) in [6, 6.07) is -0.173. The van der Waals surface area contributed by atoms with Crippen LogP contribution in [0.4, 0.5) is 0 Å². The molecule has 0 aliphatic rings. The maximum absolute atomic E-state index is 11.7. The van der Waals surface area contributed by atoms with Gasteiger partial charge in [0.2, 0.25) is 10.0 Å². The third-order valence-electron chi connectivity index (χ3n) is 1.89. The number of aryl methyl sites for hydroxylation is 1. The topological polar surface area (TPSA) is 64.0 Å². The van der Waals surface area contributed by atoms with E-state index < -0.39 is 10.0 Å². The number of rotatable bonds is 5. The fourth-order valence-corrected chi connectivity index (χ4v) is 2.68. The Kier molecular flexibility index (Phi) is 4.12. The van der Waals surface area contributed by atoms with Crippen LogP contribution < -0.4 is 4.72 Å². The maximum Gasteiger partial charge on any atom is 0.243 e. The normalized spacial score (nSPS) is 14.1. The highest BCUT2D eigenvalue weighted by molar-refractivity contribution is 7.89. The van der Waals surface area contributed by atoms with E-state index in [1.54, 1.807) is 14.0 Å². The smallest absolute Gasteiger partial charge is 0.243 e. The fourth-order valence-electron chi connectivity index (χ4n) is 1.09. The lowest BCUT2D eigenvalue weighted by Crippen LogP contribution is -2.32. The number of hydrogen-bond acceptors (Lipinski definition) is 3. The van der Waals surface area contributed by atoms with E-state index in [4.69, 9.17) is 11.6 Å². The first-order valence-corrected chi connectivity index (χ1v) is 6.54. The molecule has 0 radical (unpaired) electrons. The van der Waals surface area contributed by atoms with Crippen molar-refractivity contribution in [1.82, 2.24) is 14.5 Å². The second kappa shape index (κ2) is 4.96. The van der Waals surface area contributed by atoms with E-state index in [0.29, 0.717) is 12.3 Å². The van der Waals surface area contributed by atoms with Gasteiger partial charge in [-0.05, 0) is 13.3 Å². The molecule has 5 nitrogen and oxygen atoms in total. The van der Waals surface area contributed by atoms with Crippen LogP contribution in [0.25, 0.3) is 0 Å². The zero-order valence-corrected chi connectivity index (χ0v) is 10.2. The van der Waals surface area contributed by atoms with Gasteiger partial charge < -0.3 is 0 Å². The number of nitrogens with one attached hydrogen (secondary N) is 1. The van der Waals surface area contributed by atoms with Gasteiger partial charge in [-0.2, -0.15) is 5.10 Å². The molecule has 86 valence electrons. The van der Waals surface area contributed by atoms with Crippen LogP contribution in [0.2, 0.25) is 0 Å². The summed E-state index contributed by atoms with van der Waals surface area (Å²) in [6.45, 7) is 1.77. The van der Waals surface area contributed by atoms with Crippen LogP contribution in [0.3, 0.4) is 0 Å². The molecular weight excluding hydrogens is 238 g/mol. The molecule has 1 rings (SSSR count). The van der Waals surface area contributed by atoms with Gasteiger partial charge in [0, 0.05) is 25.2 Å². The Morgan fingerprint density at radius 3 is 2.80 bits per heavy atom. The third kappa shape index (κ3) is 3.48. The lowest BCUT2D eigenvalue weighted by molar-refractivity contribution is 0.556. The van der Waals surface area contributed by atoms with Gasteiger partial charge in [-0.1, -0.05) is 0 Å². The van der Waals surface area contributed by atoms with E-state index in [1.807, 2.05) is 0 Å². The van der Waals surface area contributed by atoms with Crippen molar-refractivity contribution in [2.45, 2.75) is 24.3 Å². The third-order valence-corrected chi connectivity index (χ3v) is 3.65. The van der Waals surface area contributed by atoms with Gasteiger partial charge in [-0.25, -0.2) is 13.1 Å².